The summed E-state index contributed by atoms with van der Waals surface area (Å²) >= 11 is 0. The normalized spacial score (nSPS) is 20.9. The van der Waals surface area contributed by atoms with Crippen molar-refractivity contribution >= 4 is 0 Å². The van der Waals surface area contributed by atoms with E-state index in [4.69, 9.17) is 0 Å². The highest BCUT2D eigenvalue weighted by Crippen LogP contribution is 2.43. The third kappa shape index (κ3) is 3.10. The molecule has 116 valence electrons. The van der Waals surface area contributed by atoms with E-state index in [9.17, 15) is 0 Å². The predicted molar refractivity (Wildman–Crippen MR) is 94.4 cm³/mol. The van der Waals surface area contributed by atoms with Crippen molar-refractivity contribution in [3.8, 4) is 0 Å². The highest BCUT2D eigenvalue weighted by atomic mass is 15.0. The van der Waals surface area contributed by atoms with Gasteiger partial charge in [-0.25, -0.2) is 0 Å². The van der Waals surface area contributed by atoms with Gasteiger partial charge in [0.15, 0.2) is 0 Å². The Balaban J connectivity index is 2.00. The van der Waals surface area contributed by atoms with Crippen molar-refractivity contribution in [2.45, 2.75) is 32.1 Å². The molecule has 0 aromatic heterocycles. The van der Waals surface area contributed by atoms with Gasteiger partial charge in [0.1, 0.15) is 0 Å². The second-order valence-corrected chi connectivity index (χ2v) is 6.92. The maximum atomic E-state index is 2.36. The third-order valence-electron chi connectivity index (χ3n) is 5.12. The lowest BCUT2D eigenvalue weighted by molar-refractivity contribution is 0.311. The van der Waals surface area contributed by atoms with E-state index in [2.05, 4.69) is 74.4 Å². The highest BCUT2D eigenvalue weighted by Gasteiger charge is 2.31. The second-order valence-electron chi connectivity index (χ2n) is 6.92. The van der Waals surface area contributed by atoms with Crippen LogP contribution in [-0.2, 0) is 6.42 Å². The maximum Gasteiger partial charge on any atom is 0.0123 e. The van der Waals surface area contributed by atoms with E-state index < -0.39 is 0 Å². The average molecular weight is 293 g/mol. The molecule has 0 unspecified atom stereocenters. The summed E-state index contributed by atoms with van der Waals surface area (Å²) in [5, 5.41) is 0. The molecule has 0 aliphatic heterocycles. The number of hydrogen-bond donors (Lipinski definition) is 0. The molecule has 2 aromatic carbocycles. The molecule has 2 atom stereocenters. The predicted octanol–water partition coefficient (Wildman–Crippen LogP) is 4.64. The number of fused-ring (bicyclic) bond motifs is 1. The first-order valence-corrected chi connectivity index (χ1v) is 8.45. The Morgan fingerprint density at radius 3 is 2.36 bits per heavy atom. The van der Waals surface area contributed by atoms with E-state index in [1.54, 1.807) is 11.1 Å². The van der Waals surface area contributed by atoms with E-state index in [1.165, 1.54) is 36.9 Å². The summed E-state index contributed by atoms with van der Waals surface area (Å²) in [5.74, 6) is 1.31. The molecule has 1 nitrogen and oxygen atoms in total. The topological polar surface area (TPSA) is 3.24 Å². The summed E-state index contributed by atoms with van der Waals surface area (Å²) in [6.45, 7) is 3.44. The van der Waals surface area contributed by atoms with Crippen LogP contribution >= 0.6 is 0 Å². The van der Waals surface area contributed by atoms with Crippen LogP contribution in [0, 0.1) is 12.8 Å². The van der Waals surface area contributed by atoms with Gasteiger partial charge in [-0.15, -0.1) is 0 Å². The first-order valence-electron chi connectivity index (χ1n) is 8.45. The molecule has 0 radical (unpaired) electrons. The molecule has 0 saturated carbocycles. The molecule has 1 aliphatic carbocycles. The van der Waals surface area contributed by atoms with E-state index in [-0.39, 0.29) is 0 Å². The SMILES string of the molecule is Cc1ccccc1[C@@H]1c2ccccc2CC[C@@H]1CCN(C)C. The van der Waals surface area contributed by atoms with Crippen LogP contribution in [0.2, 0.25) is 0 Å². The van der Waals surface area contributed by atoms with E-state index in [0.717, 1.165) is 5.92 Å². The zero-order valence-corrected chi connectivity index (χ0v) is 14.0. The van der Waals surface area contributed by atoms with Crippen LogP contribution < -0.4 is 0 Å². The molecular formula is C21H27N. The third-order valence-corrected chi connectivity index (χ3v) is 5.12. The minimum atomic E-state index is 0.561. The van der Waals surface area contributed by atoms with Gasteiger partial charge < -0.3 is 4.90 Å². The van der Waals surface area contributed by atoms with Crippen molar-refractivity contribution in [3.63, 3.8) is 0 Å². The highest BCUT2D eigenvalue weighted by molar-refractivity contribution is 5.43. The zero-order valence-electron chi connectivity index (χ0n) is 14.0. The Kier molecular flexibility index (Phi) is 4.63. The molecule has 0 bridgehead atoms. The number of nitrogens with zero attached hydrogens (tertiary/aromatic N) is 1. The van der Waals surface area contributed by atoms with Crippen LogP contribution in [0.1, 0.15) is 41.0 Å². The Bertz CT molecular complexity index is 629. The minimum Gasteiger partial charge on any atom is -0.309 e. The number of rotatable bonds is 4. The minimum absolute atomic E-state index is 0.561. The molecular weight excluding hydrogens is 266 g/mol. The van der Waals surface area contributed by atoms with Gasteiger partial charge in [-0.2, -0.15) is 0 Å². The van der Waals surface area contributed by atoms with Gasteiger partial charge in [0.25, 0.3) is 0 Å². The fourth-order valence-electron chi connectivity index (χ4n) is 3.92. The Morgan fingerprint density at radius 1 is 0.955 bits per heavy atom. The Labute approximate surface area is 135 Å². The monoisotopic (exact) mass is 293 g/mol. The van der Waals surface area contributed by atoms with E-state index >= 15 is 0 Å². The van der Waals surface area contributed by atoms with Crippen molar-refractivity contribution in [2.24, 2.45) is 5.92 Å². The van der Waals surface area contributed by atoms with Crippen molar-refractivity contribution in [1.29, 1.82) is 0 Å². The quantitative estimate of drug-likeness (QED) is 0.793. The van der Waals surface area contributed by atoms with Crippen molar-refractivity contribution < 1.29 is 0 Å². The van der Waals surface area contributed by atoms with Crippen molar-refractivity contribution in [1.82, 2.24) is 4.90 Å². The van der Waals surface area contributed by atoms with Crippen LogP contribution in [-0.4, -0.2) is 25.5 Å². The van der Waals surface area contributed by atoms with Crippen molar-refractivity contribution in [3.05, 3.63) is 70.8 Å². The second kappa shape index (κ2) is 6.66. The summed E-state index contributed by atoms with van der Waals surface area (Å²) in [7, 11) is 4.36. The largest absolute Gasteiger partial charge is 0.309 e. The summed E-state index contributed by atoms with van der Waals surface area (Å²) in [6.07, 6.45) is 3.82. The van der Waals surface area contributed by atoms with Crippen LogP contribution in [0.4, 0.5) is 0 Å². The van der Waals surface area contributed by atoms with Crippen molar-refractivity contribution in [2.75, 3.05) is 20.6 Å². The fraction of sp³-hybridized carbons (Fsp3) is 0.429. The van der Waals surface area contributed by atoms with Gasteiger partial charge in [-0.3, -0.25) is 0 Å². The fourth-order valence-corrected chi connectivity index (χ4v) is 3.92. The molecule has 3 rings (SSSR count). The Hall–Kier alpha value is -1.60. The molecule has 0 fully saturated rings. The first kappa shape index (κ1) is 15.3. The smallest absolute Gasteiger partial charge is 0.0123 e. The number of aryl methyl sites for hydroxylation is 2. The van der Waals surface area contributed by atoms with Gasteiger partial charge in [0, 0.05) is 5.92 Å². The molecule has 1 aliphatic rings. The number of hydrogen-bond acceptors (Lipinski definition) is 1. The summed E-state index contributed by atoms with van der Waals surface area (Å²) in [4.78, 5) is 2.31. The van der Waals surface area contributed by atoms with Gasteiger partial charge >= 0.3 is 0 Å². The van der Waals surface area contributed by atoms with Gasteiger partial charge in [-0.05, 0) is 75.0 Å². The molecule has 0 N–H and O–H groups in total. The molecule has 0 heterocycles. The molecule has 2 aromatic rings. The van der Waals surface area contributed by atoms with Gasteiger partial charge in [0.2, 0.25) is 0 Å². The molecule has 1 heteroatoms. The number of benzene rings is 2. The van der Waals surface area contributed by atoms with E-state index in [1.807, 2.05) is 0 Å². The van der Waals surface area contributed by atoms with E-state index in [0.29, 0.717) is 5.92 Å². The van der Waals surface area contributed by atoms with Crippen LogP contribution in [0.5, 0.6) is 0 Å². The maximum absolute atomic E-state index is 2.36. The average Bonchev–Trinajstić information content (AvgIpc) is 2.53. The molecule has 0 spiro atoms. The van der Waals surface area contributed by atoms with Gasteiger partial charge in [0.05, 0.1) is 0 Å². The lowest BCUT2D eigenvalue weighted by Gasteiger charge is -2.35. The van der Waals surface area contributed by atoms with Crippen LogP contribution in [0.3, 0.4) is 0 Å². The summed E-state index contributed by atoms with van der Waals surface area (Å²) in [5.41, 5.74) is 6.07. The molecule has 22 heavy (non-hydrogen) atoms. The standard InChI is InChI=1S/C21H27N/c1-16-8-4-6-10-19(16)21-18(14-15-22(2)3)13-12-17-9-5-7-11-20(17)21/h4-11,18,21H,12-15H2,1-3H3/t18-,21-/m1/s1. The van der Waals surface area contributed by atoms with Crippen LogP contribution in [0.25, 0.3) is 0 Å². The van der Waals surface area contributed by atoms with Crippen LogP contribution in [0.15, 0.2) is 48.5 Å². The molecule has 0 saturated heterocycles. The summed E-state index contributed by atoms with van der Waals surface area (Å²) < 4.78 is 0. The first-order chi connectivity index (χ1) is 10.7. The zero-order chi connectivity index (χ0) is 15.5. The summed E-state index contributed by atoms with van der Waals surface area (Å²) in [6, 6.07) is 18.0. The lowest BCUT2D eigenvalue weighted by Crippen LogP contribution is -2.26. The van der Waals surface area contributed by atoms with Gasteiger partial charge in [-0.1, -0.05) is 48.5 Å². The Morgan fingerprint density at radius 2 is 1.64 bits per heavy atom. The lowest BCUT2D eigenvalue weighted by atomic mass is 9.70. The molecule has 0 amide bonds.